The number of benzene rings is 3. The van der Waals surface area contributed by atoms with Crippen LogP contribution in [0.2, 0.25) is 5.02 Å². The number of hydrogen-bond acceptors (Lipinski definition) is 5. The predicted molar refractivity (Wildman–Crippen MR) is 112 cm³/mol. The van der Waals surface area contributed by atoms with Gasteiger partial charge in [-0.25, -0.2) is 5.01 Å². The maximum absolute atomic E-state index is 13.1. The molecule has 3 aromatic carbocycles. The van der Waals surface area contributed by atoms with Crippen LogP contribution in [0.1, 0.15) is 22.1 Å². The van der Waals surface area contributed by atoms with Gasteiger partial charge in [0.2, 0.25) is 0 Å². The number of phenols is 1. The van der Waals surface area contributed by atoms with E-state index in [0.29, 0.717) is 27.6 Å². The SMILES string of the molecule is O=C(COc1ccc(Cl)cc1)NN1C(=O)c2ccccc2NC1c1ccc(O)cc1. The molecule has 152 valence electrons. The number of rotatable bonds is 5. The van der Waals surface area contributed by atoms with Crippen molar-refractivity contribution in [3.63, 3.8) is 0 Å². The van der Waals surface area contributed by atoms with Gasteiger partial charge in [0.1, 0.15) is 17.7 Å². The first-order valence-electron chi connectivity index (χ1n) is 9.17. The fraction of sp³-hybridized carbons (Fsp3) is 0.0909. The van der Waals surface area contributed by atoms with Crippen LogP contribution in [-0.2, 0) is 4.79 Å². The Morgan fingerprint density at radius 2 is 1.77 bits per heavy atom. The second-order valence-corrected chi connectivity index (χ2v) is 7.07. The summed E-state index contributed by atoms with van der Waals surface area (Å²) in [6.07, 6.45) is -0.660. The van der Waals surface area contributed by atoms with Gasteiger partial charge < -0.3 is 15.2 Å². The van der Waals surface area contributed by atoms with Crippen LogP contribution in [-0.4, -0.2) is 28.5 Å². The van der Waals surface area contributed by atoms with Gasteiger partial charge in [0.15, 0.2) is 6.61 Å². The number of halogens is 1. The van der Waals surface area contributed by atoms with Gasteiger partial charge in [-0.1, -0.05) is 35.9 Å². The summed E-state index contributed by atoms with van der Waals surface area (Å²) in [5, 5.41) is 14.6. The number of para-hydroxylation sites is 1. The van der Waals surface area contributed by atoms with Crippen molar-refractivity contribution in [2.75, 3.05) is 11.9 Å². The molecule has 0 saturated heterocycles. The normalized spacial score (nSPS) is 15.2. The van der Waals surface area contributed by atoms with Gasteiger partial charge in [-0.2, -0.15) is 0 Å². The molecule has 1 aliphatic heterocycles. The molecule has 0 aliphatic carbocycles. The van der Waals surface area contributed by atoms with E-state index in [0.717, 1.165) is 0 Å². The zero-order chi connectivity index (χ0) is 21.1. The Labute approximate surface area is 177 Å². The number of amides is 2. The molecule has 1 heterocycles. The second-order valence-electron chi connectivity index (χ2n) is 6.64. The topological polar surface area (TPSA) is 90.9 Å². The largest absolute Gasteiger partial charge is 0.508 e. The summed E-state index contributed by atoms with van der Waals surface area (Å²) in [6.45, 7) is -0.282. The lowest BCUT2D eigenvalue weighted by Gasteiger charge is -2.37. The van der Waals surface area contributed by atoms with Crippen molar-refractivity contribution in [3.05, 3.63) is 88.9 Å². The van der Waals surface area contributed by atoms with E-state index in [1.54, 1.807) is 54.6 Å². The van der Waals surface area contributed by atoms with Gasteiger partial charge in [-0.3, -0.25) is 15.0 Å². The number of fused-ring (bicyclic) bond motifs is 1. The van der Waals surface area contributed by atoms with Crippen molar-refractivity contribution in [2.45, 2.75) is 6.17 Å². The number of hydrogen-bond donors (Lipinski definition) is 3. The highest BCUT2D eigenvalue weighted by atomic mass is 35.5. The summed E-state index contributed by atoms with van der Waals surface area (Å²) in [4.78, 5) is 25.6. The maximum atomic E-state index is 13.1. The Hall–Kier alpha value is -3.71. The Bertz CT molecular complexity index is 1070. The molecule has 1 atom stereocenters. The van der Waals surface area contributed by atoms with E-state index >= 15 is 0 Å². The summed E-state index contributed by atoms with van der Waals surface area (Å²) >= 11 is 5.84. The molecule has 3 aromatic rings. The van der Waals surface area contributed by atoms with Gasteiger partial charge in [0, 0.05) is 10.7 Å². The molecule has 0 fully saturated rings. The zero-order valence-corrected chi connectivity index (χ0v) is 16.5. The monoisotopic (exact) mass is 423 g/mol. The van der Waals surface area contributed by atoms with Gasteiger partial charge in [-0.05, 0) is 54.1 Å². The number of phenolic OH excluding ortho intramolecular Hbond substituents is 1. The minimum Gasteiger partial charge on any atom is -0.508 e. The van der Waals surface area contributed by atoms with E-state index in [-0.39, 0.29) is 18.3 Å². The quantitative estimate of drug-likeness (QED) is 0.581. The summed E-state index contributed by atoms with van der Waals surface area (Å²) < 4.78 is 5.46. The van der Waals surface area contributed by atoms with Crippen molar-refractivity contribution in [1.82, 2.24) is 10.4 Å². The van der Waals surface area contributed by atoms with Crippen molar-refractivity contribution < 1.29 is 19.4 Å². The summed E-state index contributed by atoms with van der Waals surface area (Å²) in [5.41, 5.74) is 4.41. The second kappa shape index (κ2) is 8.34. The molecule has 0 bridgehead atoms. The number of nitrogens with zero attached hydrogens (tertiary/aromatic N) is 1. The highest BCUT2D eigenvalue weighted by Gasteiger charge is 2.34. The number of aromatic hydroxyl groups is 1. The van der Waals surface area contributed by atoms with Crippen LogP contribution < -0.4 is 15.5 Å². The average Bonchev–Trinajstić information content (AvgIpc) is 2.76. The van der Waals surface area contributed by atoms with Gasteiger partial charge in [0.05, 0.1) is 5.56 Å². The minimum absolute atomic E-state index is 0.105. The van der Waals surface area contributed by atoms with Crippen LogP contribution in [0.25, 0.3) is 0 Å². The van der Waals surface area contributed by atoms with Crippen LogP contribution in [0.5, 0.6) is 11.5 Å². The Morgan fingerprint density at radius 1 is 1.07 bits per heavy atom. The number of carbonyl (C=O) groups excluding carboxylic acids is 2. The van der Waals surface area contributed by atoms with Crippen LogP contribution in [0, 0.1) is 0 Å². The summed E-state index contributed by atoms with van der Waals surface area (Å²) in [7, 11) is 0. The van der Waals surface area contributed by atoms with Crippen molar-refractivity contribution in [3.8, 4) is 11.5 Å². The molecule has 1 aliphatic rings. The molecule has 0 aromatic heterocycles. The number of anilines is 1. The Kier molecular flexibility index (Phi) is 5.45. The molecule has 1 unspecified atom stereocenters. The summed E-state index contributed by atoms with van der Waals surface area (Å²) in [5.74, 6) is -0.267. The van der Waals surface area contributed by atoms with Gasteiger partial charge in [0.25, 0.3) is 11.8 Å². The van der Waals surface area contributed by atoms with E-state index in [2.05, 4.69) is 10.7 Å². The predicted octanol–water partition coefficient (Wildman–Crippen LogP) is 3.72. The van der Waals surface area contributed by atoms with Crippen molar-refractivity contribution in [1.29, 1.82) is 0 Å². The highest BCUT2D eigenvalue weighted by Crippen LogP contribution is 2.32. The molecule has 3 N–H and O–H groups in total. The standard InChI is InChI=1S/C22H18ClN3O4/c23-15-7-11-17(12-8-15)30-13-20(28)25-26-21(14-5-9-16(27)10-6-14)24-19-4-2-1-3-18(19)22(26)29/h1-12,21,24,27H,13H2,(H,25,28). The number of nitrogens with one attached hydrogen (secondary N) is 2. The molecule has 0 saturated carbocycles. The number of hydrazine groups is 1. The third-order valence-corrected chi connectivity index (χ3v) is 4.82. The molecule has 0 radical (unpaired) electrons. The van der Waals surface area contributed by atoms with E-state index in [9.17, 15) is 14.7 Å². The molecule has 30 heavy (non-hydrogen) atoms. The van der Waals surface area contributed by atoms with Gasteiger partial charge >= 0.3 is 0 Å². The first-order chi connectivity index (χ1) is 14.5. The van der Waals surface area contributed by atoms with Crippen LogP contribution in [0.15, 0.2) is 72.8 Å². The van der Waals surface area contributed by atoms with E-state index in [1.165, 1.54) is 17.1 Å². The molecular weight excluding hydrogens is 406 g/mol. The maximum Gasteiger partial charge on any atom is 0.276 e. The molecule has 4 rings (SSSR count). The molecular formula is C22H18ClN3O4. The smallest absolute Gasteiger partial charge is 0.276 e. The zero-order valence-electron chi connectivity index (χ0n) is 15.7. The van der Waals surface area contributed by atoms with E-state index in [4.69, 9.17) is 16.3 Å². The lowest BCUT2D eigenvalue weighted by Crippen LogP contribution is -2.53. The minimum atomic E-state index is -0.660. The number of ether oxygens (including phenoxy) is 1. The summed E-state index contributed by atoms with van der Waals surface area (Å²) in [6, 6.07) is 20.1. The lowest BCUT2D eigenvalue weighted by atomic mass is 10.0. The van der Waals surface area contributed by atoms with Crippen LogP contribution in [0.4, 0.5) is 5.69 Å². The average molecular weight is 424 g/mol. The molecule has 2 amide bonds. The first kappa shape index (κ1) is 19.6. The highest BCUT2D eigenvalue weighted by molar-refractivity contribution is 6.30. The van der Waals surface area contributed by atoms with Crippen LogP contribution in [0.3, 0.4) is 0 Å². The Balaban J connectivity index is 1.54. The molecule has 8 heteroatoms. The van der Waals surface area contributed by atoms with Crippen LogP contribution >= 0.6 is 11.6 Å². The third-order valence-electron chi connectivity index (χ3n) is 4.56. The van der Waals surface area contributed by atoms with E-state index < -0.39 is 12.1 Å². The fourth-order valence-corrected chi connectivity index (χ4v) is 3.23. The fourth-order valence-electron chi connectivity index (χ4n) is 3.11. The van der Waals surface area contributed by atoms with E-state index in [1.807, 2.05) is 6.07 Å². The van der Waals surface area contributed by atoms with Gasteiger partial charge in [-0.15, -0.1) is 0 Å². The third kappa shape index (κ3) is 4.16. The number of carbonyl (C=O) groups is 2. The van der Waals surface area contributed by atoms with Crippen molar-refractivity contribution in [2.24, 2.45) is 0 Å². The molecule has 0 spiro atoms. The Morgan fingerprint density at radius 3 is 2.50 bits per heavy atom. The molecule has 7 nitrogen and oxygen atoms in total. The lowest BCUT2D eigenvalue weighted by molar-refractivity contribution is -0.127. The first-order valence-corrected chi connectivity index (χ1v) is 9.55. The van der Waals surface area contributed by atoms with Crippen molar-refractivity contribution >= 4 is 29.1 Å².